The minimum absolute atomic E-state index is 0.602. The Kier molecular flexibility index (Phi) is 3.57. The van der Waals surface area contributed by atoms with Crippen molar-refractivity contribution in [1.82, 2.24) is 0 Å². The fourth-order valence-corrected chi connectivity index (χ4v) is 3.07. The van der Waals surface area contributed by atoms with Crippen LogP contribution < -0.4 is 0 Å². The maximum atomic E-state index is 11.1. The molecule has 2 aromatic carbocycles. The molecule has 0 amide bonds. The van der Waals surface area contributed by atoms with Crippen LogP contribution in [-0.4, -0.2) is 5.11 Å². The lowest BCUT2D eigenvalue weighted by molar-refractivity contribution is 0.100. The highest BCUT2D eigenvalue weighted by molar-refractivity contribution is 6.30. The summed E-state index contributed by atoms with van der Waals surface area (Å²) >= 11 is 5.94. The van der Waals surface area contributed by atoms with Crippen LogP contribution >= 0.6 is 11.6 Å². The molecule has 1 N–H and O–H groups in total. The van der Waals surface area contributed by atoms with Crippen molar-refractivity contribution in [2.24, 2.45) is 0 Å². The Morgan fingerprint density at radius 2 is 1.70 bits per heavy atom. The molecule has 1 fully saturated rings. The molecule has 1 unspecified atom stereocenters. The second-order valence-corrected chi connectivity index (χ2v) is 6.23. The summed E-state index contributed by atoms with van der Waals surface area (Å²) in [5, 5.41) is 11.7. The fourth-order valence-electron chi connectivity index (χ4n) is 2.95. The van der Waals surface area contributed by atoms with Crippen molar-refractivity contribution < 1.29 is 5.11 Å². The van der Waals surface area contributed by atoms with Crippen molar-refractivity contribution in [2.45, 2.75) is 37.7 Å². The van der Waals surface area contributed by atoms with Crippen molar-refractivity contribution in [1.29, 1.82) is 0 Å². The summed E-state index contributed by atoms with van der Waals surface area (Å²) in [5.74, 6) is 0.602. The van der Waals surface area contributed by atoms with Gasteiger partial charge in [-0.1, -0.05) is 54.4 Å². The van der Waals surface area contributed by atoms with Crippen LogP contribution in [0.25, 0.3) is 0 Å². The highest BCUT2D eigenvalue weighted by Crippen LogP contribution is 2.42. The van der Waals surface area contributed by atoms with E-state index >= 15 is 0 Å². The van der Waals surface area contributed by atoms with Gasteiger partial charge >= 0.3 is 0 Å². The molecule has 1 atom stereocenters. The number of benzene rings is 2. The zero-order chi connectivity index (χ0) is 14.2. The van der Waals surface area contributed by atoms with E-state index in [9.17, 15) is 5.11 Å². The number of hydrogen-bond acceptors (Lipinski definition) is 1. The lowest BCUT2D eigenvalue weighted by Gasteiger charge is -2.33. The van der Waals surface area contributed by atoms with Crippen LogP contribution in [0.15, 0.2) is 48.5 Å². The predicted octanol–water partition coefficient (Wildman–Crippen LogP) is 4.86. The molecular formula is C18H19ClO. The lowest BCUT2D eigenvalue weighted by Crippen LogP contribution is -2.26. The minimum atomic E-state index is -0.975. The van der Waals surface area contributed by atoms with E-state index in [0.717, 1.165) is 11.1 Å². The first-order valence-electron chi connectivity index (χ1n) is 7.17. The Morgan fingerprint density at radius 3 is 2.30 bits per heavy atom. The van der Waals surface area contributed by atoms with E-state index < -0.39 is 5.60 Å². The molecule has 0 aromatic heterocycles. The van der Waals surface area contributed by atoms with Gasteiger partial charge in [-0.25, -0.2) is 0 Å². The van der Waals surface area contributed by atoms with E-state index in [1.54, 1.807) is 0 Å². The van der Waals surface area contributed by atoms with Crippen LogP contribution in [0.5, 0.6) is 0 Å². The van der Waals surface area contributed by atoms with Gasteiger partial charge in [-0.05, 0) is 54.5 Å². The summed E-state index contributed by atoms with van der Waals surface area (Å²) in [6, 6.07) is 15.7. The summed E-state index contributed by atoms with van der Waals surface area (Å²) in [4.78, 5) is 0. The van der Waals surface area contributed by atoms with Gasteiger partial charge in [0, 0.05) is 5.02 Å². The van der Waals surface area contributed by atoms with Crippen molar-refractivity contribution in [3.63, 3.8) is 0 Å². The van der Waals surface area contributed by atoms with Crippen LogP contribution in [0, 0.1) is 0 Å². The zero-order valence-electron chi connectivity index (χ0n) is 11.6. The molecule has 0 saturated heterocycles. The van der Waals surface area contributed by atoms with Gasteiger partial charge in [-0.2, -0.15) is 0 Å². The summed E-state index contributed by atoms with van der Waals surface area (Å²) in [7, 11) is 0. The average Bonchev–Trinajstić information content (AvgIpc) is 2.38. The zero-order valence-corrected chi connectivity index (χ0v) is 12.4. The van der Waals surface area contributed by atoms with Gasteiger partial charge in [0.1, 0.15) is 5.60 Å². The van der Waals surface area contributed by atoms with E-state index in [1.165, 1.54) is 24.8 Å². The van der Waals surface area contributed by atoms with E-state index in [-0.39, 0.29) is 0 Å². The maximum absolute atomic E-state index is 11.1. The normalized spacial score (nSPS) is 18.4. The van der Waals surface area contributed by atoms with Gasteiger partial charge in [0.15, 0.2) is 0 Å². The molecule has 0 aliphatic heterocycles. The van der Waals surface area contributed by atoms with Crippen LogP contribution in [0.2, 0.25) is 5.02 Å². The molecule has 0 spiro atoms. The summed E-state index contributed by atoms with van der Waals surface area (Å²) in [5.41, 5.74) is 2.22. The minimum Gasteiger partial charge on any atom is -0.381 e. The van der Waals surface area contributed by atoms with E-state index in [4.69, 9.17) is 11.6 Å². The first kappa shape index (κ1) is 13.7. The van der Waals surface area contributed by atoms with Gasteiger partial charge in [-0.15, -0.1) is 0 Å². The molecule has 3 rings (SSSR count). The van der Waals surface area contributed by atoms with E-state index in [2.05, 4.69) is 12.1 Å². The Labute approximate surface area is 125 Å². The average molecular weight is 287 g/mol. The van der Waals surface area contributed by atoms with E-state index in [0.29, 0.717) is 10.9 Å². The van der Waals surface area contributed by atoms with Gasteiger partial charge in [0.05, 0.1) is 0 Å². The third-order valence-corrected chi connectivity index (χ3v) is 4.69. The van der Waals surface area contributed by atoms with Crippen LogP contribution in [-0.2, 0) is 5.60 Å². The van der Waals surface area contributed by atoms with Crippen molar-refractivity contribution in [3.05, 3.63) is 70.2 Å². The van der Waals surface area contributed by atoms with Gasteiger partial charge in [-0.3, -0.25) is 0 Å². The van der Waals surface area contributed by atoms with Crippen LogP contribution in [0.1, 0.15) is 48.8 Å². The number of aliphatic hydroxyl groups is 1. The first-order valence-corrected chi connectivity index (χ1v) is 7.54. The van der Waals surface area contributed by atoms with Gasteiger partial charge in [0.25, 0.3) is 0 Å². The number of rotatable bonds is 3. The second-order valence-electron chi connectivity index (χ2n) is 5.79. The molecule has 2 heteroatoms. The highest BCUT2D eigenvalue weighted by Gasteiger charge is 2.31. The highest BCUT2D eigenvalue weighted by atomic mass is 35.5. The van der Waals surface area contributed by atoms with Crippen molar-refractivity contribution in [3.8, 4) is 0 Å². The number of halogens is 1. The van der Waals surface area contributed by atoms with Crippen LogP contribution in [0.3, 0.4) is 0 Å². The summed E-state index contributed by atoms with van der Waals surface area (Å²) < 4.78 is 0. The number of hydrogen-bond donors (Lipinski definition) is 1. The third kappa shape index (κ3) is 2.36. The predicted molar refractivity (Wildman–Crippen MR) is 83.2 cm³/mol. The van der Waals surface area contributed by atoms with Gasteiger partial charge in [0.2, 0.25) is 0 Å². The van der Waals surface area contributed by atoms with Gasteiger partial charge < -0.3 is 5.11 Å². The topological polar surface area (TPSA) is 20.2 Å². The SMILES string of the molecule is CC(O)(c1ccc(Cl)cc1)c1ccccc1C1CCC1. The molecule has 1 saturated carbocycles. The molecule has 1 aliphatic rings. The maximum Gasteiger partial charge on any atom is 0.112 e. The fraction of sp³-hybridized carbons (Fsp3) is 0.333. The molecule has 1 aliphatic carbocycles. The molecular weight excluding hydrogens is 268 g/mol. The molecule has 1 nitrogen and oxygen atoms in total. The van der Waals surface area contributed by atoms with Crippen molar-refractivity contribution >= 4 is 11.6 Å². The standard InChI is InChI=1S/C18H19ClO/c1-18(20,14-9-11-15(19)12-10-14)17-8-3-2-7-16(17)13-5-4-6-13/h2-3,7-13,20H,4-6H2,1H3. The Hall–Kier alpha value is -1.31. The Bertz CT molecular complexity index is 597. The molecule has 0 radical (unpaired) electrons. The van der Waals surface area contributed by atoms with E-state index in [1.807, 2.05) is 43.3 Å². The smallest absolute Gasteiger partial charge is 0.112 e. The molecule has 2 aromatic rings. The van der Waals surface area contributed by atoms with Crippen LogP contribution in [0.4, 0.5) is 0 Å². The van der Waals surface area contributed by atoms with Crippen molar-refractivity contribution in [2.75, 3.05) is 0 Å². The molecule has 0 heterocycles. The third-order valence-electron chi connectivity index (χ3n) is 4.44. The second kappa shape index (κ2) is 5.23. The molecule has 0 bridgehead atoms. The summed E-state index contributed by atoms with van der Waals surface area (Å²) in [6.07, 6.45) is 3.75. The lowest BCUT2D eigenvalue weighted by atomic mass is 9.74. The summed E-state index contributed by atoms with van der Waals surface area (Å²) in [6.45, 7) is 1.87. The largest absolute Gasteiger partial charge is 0.381 e. The molecule has 104 valence electrons. The Balaban J connectivity index is 2.04. The Morgan fingerprint density at radius 1 is 1.05 bits per heavy atom. The first-order chi connectivity index (χ1) is 9.59. The molecule has 20 heavy (non-hydrogen) atoms. The quantitative estimate of drug-likeness (QED) is 0.854. The monoisotopic (exact) mass is 286 g/mol.